The molecule has 0 saturated heterocycles. The van der Waals surface area contributed by atoms with Crippen LogP contribution in [0.4, 0.5) is 0 Å². The first-order chi connectivity index (χ1) is 1.73. The zero-order chi connectivity index (χ0) is 3.58. The van der Waals surface area contributed by atoms with Crippen molar-refractivity contribution in [3.63, 3.8) is 0 Å². The molecule has 0 spiro atoms. The predicted octanol–water partition coefficient (Wildman–Crippen LogP) is -8.87. The number of hydrogen-bond acceptors (Lipinski definition) is 3. The van der Waals surface area contributed by atoms with Gasteiger partial charge in [-0.15, -0.1) is 0 Å². The van der Waals surface area contributed by atoms with Crippen molar-refractivity contribution < 1.29 is 113 Å². The SMILES string of the molecule is O=[Te]([O-])[O-].[K+].[K+]. The summed E-state index contributed by atoms with van der Waals surface area (Å²) >= 11 is -4.11. The van der Waals surface area contributed by atoms with E-state index in [9.17, 15) is 0 Å². The van der Waals surface area contributed by atoms with E-state index in [1.165, 1.54) is 0 Å². The summed E-state index contributed by atoms with van der Waals surface area (Å²) < 4.78 is 25.8. The molecule has 0 aromatic rings. The smallest absolute Gasteiger partial charge is 1.00 e. The molecule has 0 aliphatic heterocycles. The topological polar surface area (TPSA) is 63.2 Å². The van der Waals surface area contributed by atoms with Gasteiger partial charge in [0.2, 0.25) is 0 Å². The number of rotatable bonds is 0. The molecule has 0 saturated carbocycles. The van der Waals surface area contributed by atoms with Crippen LogP contribution < -0.4 is 110 Å². The zero-order valence-corrected chi connectivity index (χ0v) is 12.2. The maximum Gasteiger partial charge on any atom is 1.00 e. The van der Waals surface area contributed by atoms with Gasteiger partial charge in [0.05, 0.1) is 0 Å². The van der Waals surface area contributed by atoms with Crippen LogP contribution in [-0.4, -0.2) is 20.4 Å². The van der Waals surface area contributed by atoms with E-state index in [1.54, 1.807) is 0 Å². The zero-order valence-electron chi connectivity index (χ0n) is 3.63. The van der Waals surface area contributed by atoms with Gasteiger partial charge in [-0.3, -0.25) is 0 Å². The molecule has 0 aromatic heterocycles. The van der Waals surface area contributed by atoms with E-state index in [4.69, 9.17) is 10.0 Å². The quantitative estimate of drug-likeness (QED) is 0.403. The van der Waals surface area contributed by atoms with Crippen molar-refractivity contribution in [1.29, 1.82) is 0 Å². The van der Waals surface area contributed by atoms with Gasteiger partial charge in [0.15, 0.2) is 0 Å². The van der Waals surface area contributed by atoms with Crippen LogP contribution >= 0.6 is 0 Å². The molecule has 6 heteroatoms. The second-order valence-electron chi connectivity index (χ2n) is 0.204. The van der Waals surface area contributed by atoms with Gasteiger partial charge in [-0.1, -0.05) is 0 Å². The normalized spacial score (nSPS) is 5.83. The molecule has 0 aliphatic carbocycles. The second kappa shape index (κ2) is 11.6. The van der Waals surface area contributed by atoms with Crippen LogP contribution in [0.15, 0.2) is 0 Å². The standard InChI is InChI=1S/2K.H2O3Te/c;;1-4(2)3/h;;(H2,1,2,3)/q2*+1;/p-2. The Morgan fingerprint density at radius 2 is 1.17 bits per heavy atom. The van der Waals surface area contributed by atoms with Gasteiger partial charge in [0.25, 0.3) is 0 Å². The first-order valence-corrected chi connectivity index (χ1v) is 3.35. The minimum atomic E-state index is -4.11. The molecule has 0 amide bonds. The molecule has 0 atom stereocenters. The van der Waals surface area contributed by atoms with Crippen LogP contribution in [0.5, 0.6) is 0 Å². The van der Waals surface area contributed by atoms with E-state index < -0.39 is 20.4 Å². The summed E-state index contributed by atoms with van der Waals surface area (Å²) in [6.07, 6.45) is 0. The van der Waals surface area contributed by atoms with Crippen molar-refractivity contribution >= 4 is 20.4 Å². The summed E-state index contributed by atoms with van der Waals surface area (Å²) in [5, 5.41) is 0. The summed E-state index contributed by atoms with van der Waals surface area (Å²) in [4.78, 5) is 0. The molecule has 0 fully saturated rings. The monoisotopic (exact) mass is 256 g/mol. The maximum absolute atomic E-state index is 8.59. The van der Waals surface area contributed by atoms with E-state index in [1.807, 2.05) is 0 Å². The molecule has 0 N–H and O–H groups in total. The van der Waals surface area contributed by atoms with Crippen molar-refractivity contribution in [3.05, 3.63) is 0 Å². The van der Waals surface area contributed by atoms with Gasteiger partial charge < -0.3 is 0 Å². The Labute approximate surface area is 129 Å². The minimum Gasteiger partial charge on any atom is 1.00 e. The summed E-state index contributed by atoms with van der Waals surface area (Å²) in [7, 11) is 0. The molecular formula is K2O3Te. The summed E-state index contributed by atoms with van der Waals surface area (Å²) in [6, 6.07) is 0. The molecular weight excluding hydrogens is 254 g/mol. The Morgan fingerprint density at radius 1 is 1.17 bits per heavy atom. The van der Waals surface area contributed by atoms with Crippen LogP contribution in [0.2, 0.25) is 0 Å². The molecule has 0 radical (unpaired) electrons. The molecule has 0 aromatic carbocycles. The molecule has 0 heterocycles. The van der Waals surface area contributed by atoms with Crippen molar-refractivity contribution in [1.82, 2.24) is 0 Å². The Morgan fingerprint density at radius 3 is 1.17 bits per heavy atom. The van der Waals surface area contributed by atoms with Gasteiger partial charge >= 0.3 is 133 Å². The van der Waals surface area contributed by atoms with Crippen molar-refractivity contribution in [2.24, 2.45) is 0 Å². The fourth-order valence-corrected chi connectivity index (χ4v) is 0. The summed E-state index contributed by atoms with van der Waals surface area (Å²) in [5.74, 6) is 0. The maximum atomic E-state index is 8.59. The average molecular weight is 254 g/mol. The molecule has 3 nitrogen and oxygen atoms in total. The van der Waals surface area contributed by atoms with Gasteiger partial charge in [0.1, 0.15) is 0 Å². The minimum absolute atomic E-state index is 0. The van der Waals surface area contributed by atoms with Crippen LogP contribution in [0.1, 0.15) is 0 Å². The van der Waals surface area contributed by atoms with Crippen molar-refractivity contribution in [3.8, 4) is 0 Å². The third-order valence-corrected chi connectivity index (χ3v) is 0. The predicted molar refractivity (Wildman–Crippen MR) is 6.44 cm³/mol. The van der Waals surface area contributed by atoms with Gasteiger partial charge in [-0.2, -0.15) is 0 Å². The van der Waals surface area contributed by atoms with Crippen molar-refractivity contribution in [2.75, 3.05) is 0 Å². The van der Waals surface area contributed by atoms with Crippen LogP contribution in [0.3, 0.4) is 0 Å². The van der Waals surface area contributed by atoms with Gasteiger partial charge in [0, 0.05) is 0 Å². The van der Waals surface area contributed by atoms with Crippen LogP contribution in [0, 0.1) is 0 Å². The molecule has 26 valence electrons. The summed E-state index contributed by atoms with van der Waals surface area (Å²) in [6.45, 7) is 0. The number of hydrogen-bond donors (Lipinski definition) is 0. The van der Waals surface area contributed by atoms with Crippen molar-refractivity contribution in [2.45, 2.75) is 0 Å². The van der Waals surface area contributed by atoms with Gasteiger partial charge in [-0.25, -0.2) is 0 Å². The first-order valence-electron chi connectivity index (χ1n) is 0.500. The van der Waals surface area contributed by atoms with E-state index in [2.05, 4.69) is 0 Å². The Hall–Kier alpha value is 3.78. The third kappa shape index (κ3) is 25.0. The van der Waals surface area contributed by atoms with Crippen LogP contribution in [0.25, 0.3) is 0 Å². The first kappa shape index (κ1) is 16.4. The Balaban J connectivity index is -0.0000000450. The molecule has 0 rings (SSSR count). The van der Waals surface area contributed by atoms with E-state index in [-0.39, 0.29) is 103 Å². The van der Waals surface area contributed by atoms with E-state index in [0.29, 0.717) is 0 Å². The fraction of sp³-hybridized carbons (Fsp3) is 0. The molecule has 6 heavy (non-hydrogen) atoms. The molecule has 0 unspecified atom stereocenters. The third-order valence-electron chi connectivity index (χ3n) is 0. The van der Waals surface area contributed by atoms with Crippen LogP contribution in [-0.2, 0) is 3.10 Å². The van der Waals surface area contributed by atoms with E-state index in [0.717, 1.165) is 0 Å². The Bertz CT molecular complexity index is 31.8. The van der Waals surface area contributed by atoms with E-state index >= 15 is 0 Å². The fourth-order valence-electron chi connectivity index (χ4n) is 0. The molecule has 0 aliphatic rings. The average Bonchev–Trinajstić information content (AvgIpc) is 0.811. The summed E-state index contributed by atoms with van der Waals surface area (Å²) in [5.41, 5.74) is 0. The largest absolute Gasteiger partial charge is 1.00 e. The second-order valence-corrected chi connectivity index (χ2v) is 1.37. The molecule has 0 bridgehead atoms. The Kier molecular flexibility index (Phi) is 31.6. The van der Waals surface area contributed by atoms with Gasteiger partial charge in [-0.05, 0) is 0 Å².